The Bertz CT molecular complexity index is 410. The zero-order valence-electron chi connectivity index (χ0n) is 10.8. The quantitative estimate of drug-likeness (QED) is 0.571. The molecule has 0 aromatic heterocycles. The molecule has 1 rings (SSSR count). The molecule has 0 aliphatic heterocycles. The van der Waals surface area contributed by atoms with E-state index >= 15 is 0 Å². The first-order valence-electron chi connectivity index (χ1n) is 6.26. The van der Waals surface area contributed by atoms with Gasteiger partial charge in [-0.3, -0.25) is 0 Å². The summed E-state index contributed by atoms with van der Waals surface area (Å²) in [6.07, 6.45) is -2.26. The summed E-state index contributed by atoms with van der Waals surface area (Å²) >= 11 is 0. The van der Waals surface area contributed by atoms with Crippen LogP contribution in [0.1, 0.15) is 19.3 Å². The maximum absolute atomic E-state index is 13.0. The molecule has 1 aromatic carbocycles. The second-order valence-electron chi connectivity index (χ2n) is 4.26. The molecule has 7 heteroatoms. The topological polar surface area (TPSA) is 41.5 Å². The van der Waals surface area contributed by atoms with Crippen LogP contribution in [0.2, 0.25) is 0 Å². The van der Waals surface area contributed by atoms with Crippen LogP contribution in [0, 0.1) is 5.82 Å². The molecule has 2 N–H and O–H groups in total. The highest BCUT2D eigenvalue weighted by Crippen LogP contribution is 2.27. The van der Waals surface area contributed by atoms with Crippen LogP contribution in [-0.2, 0) is 0 Å². The average Bonchev–Trinajstić information content (AvgIpc) is 2.37. The van der Waals surface area contributed by atoms with E-state index in [0.717, 1.165) is 25.0 Å². The molecule has 0 aliphatic rings. The molecule has 0 saturated heterocycles. The number of ether oxygens (including phenoxy) is 1. The lowest BCUT2D eigenvalue weighted by molar-refractivity contribution is -0.153. The van der Waals surface area contributed by atoms with E-state index in [1.807, 2.05) is 0 Å². The van der Waals surface area contributed by atoms with Gasteiger partial charge in [-0.1, -0.05) is 0 Å². The summed E-state index contributed by atoms with van der Waals surface area (Å²) in [7, 11) is 0. The van der Waals surface area contributed by atoms with Gasteiger partial charge in [-0.15, -0.1) is 0 Å². The number of rotatable bonds is 8. The predicted molar refractivity (Wildman–Crippen MR) is 67.4 cm³/mol. The lowest BCUT2D eigenvalue weighted by Gasteiger charge is -2.14. The summed E-state index contributed by atoms with van der Waals surface area (Å²) < 4.78 is 53.9. The van der Waals surface area contributed by atoms with Crippen LogP contribution in [0.15, 0.2) is 18.2 Å². The van der Waals surface area contributed by atoms with E-state index in [0.29, 0.717) is 18.7 Å². The summed E-state index contributed by atoms with van der Waals surface area (Å²) in [4.78, 5) is 0. The number of alkyl halides is 3. The highest BCUT2D eigenvalue weighted by molar-refractivity contribution is 5.56. The maximum atomic E-state index is 13.0. The number of benzene rings is 1. The number of aliphatic hydroxyl groups excluding tert-OH is 1. The summed E-state index contributed by atoms with van der Waals surface area (Å²) in [6.45, 7) is -0.847. The Morgan fingerprint density at radius 2 is 1.90 bits per heavy atom. The fourth-order valence-electron chi connectivity index (χ4n) is 1.56. The Morgan fingerprint density at radius 1 is 1.15 bits per heavy atom. The lowest BCUT2D eigenvalue weighted by atomic mass is 10.2. The van der Waals surface area contributed by atoms with Crippen LogP contribution in [0.25, 0.3) is 0 Å². The van der Waals surface area contributed by atoms with Gasteiger partial charge in [0.15, 0.2) is 6.61 Å². The molecule has 0 amide bonds. The largest absolute Gasteiger partial charge is 0.482 e. The van der Waals surface area contributed by atoms with E-state index in [1.165, 1.54) is 6.07 Å². The Balaban J connectivity index is 2.56. The maximum Gasteiger partial charge on any atom is 0.422 e. The third-order valence-electron chi connectivity index (χ3n) is 2.49. The molecule has 0 unspecified atom stereocenters. The van der Waals surface area contributed by atoms with Crippen molar-refractivity contribution in [3.63, 3.8) is 0 Å². The minimum Gasteiger partial charge on any atom is -0.482 e. The third-order valence-corrected chi connectivity index (χ3v) is 2.49. The summed E-state index contributed by atoms with van der Waals surface area (Å²) in [5.41, 5.74) is 0.319. The minimum atomic E-state index is -4.47. The Kier molecular flexibility index (Phi) is 6.57. The molecule has 0 bridgehead atoms. The molecule has 0 saturated carbocycles. The van der Waals surface area contributed by atoms with Crippen molar-refractivity contribution >= 4 is 5.69 Å². The number of halogens is 4. The van der Waals surface area contributed by atoms with Gasteiger partial charge >= 0.3 is 6.18 Å². The van der Waals surface area contributed by atoms with Crippen LogP contribution < -0.4 is 10.1 Å². The van der Waals surface area contributed by atoms with Crippen molar-refractivity contribution in [1.82, 2.24) is 0 Å². The molecule has 0 heterocycles. The monoisotopic (exact) mass is 295 g/mol. The second kappa shape index (κ2) is 7.94. The predicted octanol–water partition coefficient (Wildman–Crippen LogP) is 3.34. The van der Waals surface area contributed by atoms with E-state index in [-0.39, 0.29) is 12.4 Å². The zero-order valence-corrected chi connectivity index (χ0v) is 10.8. The first-order valence-corrected chi connectivity index (χ1v) is 6.26. The standard InChI is InChI=1S/C13H17F4NO2/c14-10-4-5-11(18-6-2-1-3-7-19)12(8-10)20-9-13(15,16)17/h4-5,8,18-19H,1-3,6-7,9H2. The van der Waals surface area contributed by atoms with Gasteiger partial charge in [0.1, 0.15) is 11.6 Å². The normalized spacial score (nSPS) is 11.4. The number of anilines is 1. The highest BCUT2D eigenvalue weighted by Gasteiger charge is 2.28. The van der Waals surface area contributed by atoms with Crippen molar-refractivity contribution in [3.05, 3.63) is 24.0 Å². The van der Waals surface area contributed by atoms with Gasteiger partial charge in [-0.05, 0) is 31.4 Å². The molecule has 0 spiro atoms. The fraction of sp³-hybridized carbons (Fsp3) is 0.538. The molecule has 0 aliphatic carbocycles. The average molecular weight is 295 g/mol. The smallest absolute Gasteiger partial charge is 0.422 e. The first kappa shape index (κ1) is 16.6. The summed E-state index contributed by atoms with van der Waals surface area (Å²) in [5.74, 6) is -0.822. The molecule has 3 nitrogen and oxygen atoms in total. The molecule has 0 atom stereocenters. The van der Waals surface area contributed by atoms with E-state index in [9.17, 15) is 17.6 Å². The first-order chi connectivity index (χ1) is 9.42. The van der Waals surface area contributed by atoms with Gasteiger partial charge in [0, 0.05) is 19.2 Å². The van der Waals surface area contributed by atoms with Crippen molar-refractivity contribution < 1.29 is 27.4 Å². The van der Waals surface area contributed by atoms with Crippen molar-refractivity contribution in [2.24, 2.45) is 0 Å². The summed E-state index contributed by atoms with van der Waals surface area (Å²) in [6, 6.07) is 3.41. The Morgan fingerprint density at radius 3 is 2.55 bits per heavy atom. The number of unbranched alkanes of at least 4 members (excludes halogenated alkanes) is 2. The Hall–Kier alpha value is -1.50. The highest BCUT2D eigenvalue weighted by atomic mass is 19.4. The van der Waals surface area contributed by atoms with Gasteiger partial charge in [-0.25, -0.2) is 4.39 Å². The molecule has 0 fully saturated rings. The molecule has 20 heavy (non-hydrogen) atoms. The van der Waals surface area contributed by atoms with Crippen molar-refractivity contribution in [2.75, 3.05) is 25.1 Å². The van der Waals surface area contributed by atoms with Crippen molar-refractivity contribution in [3.8, 4) is 5.75 Å². The third kappa shape index (κ3) is 6.60. The fourth-order valence-corrected chi connectivity index (χ4v) is 1.56. The molecule has 114 valence electrons. The van der Waals surface area contributed by atoms with Gasteiger partial charge in [0.2, 0.25) is 0 Å². The van der Waals surface area contributed by atoms with Crippen LogP contribution in [-0.4, -0.2) is 31.0 Å². The van der Waals surface area contributed by atoms with Crippen LogP contribution in [0.3, 0.4) is 0 Å². The van der Waals surface area contributed by atoms with E-state index < -0.39 is 18.6 Å². The molecule has 0 radical (unpaired) electrons. The second-order valence-corrected chi connectivity index (χ2v) is 4.26. The number of hydrogen-bond donors (Lipinski definition) is 2. The number of nitrogens with one attached hydrogen (secondary N) is 1. The number of hydrogen-bond acceptors (Lipinski definition) is 3. The van der Waals surface area contributed by atoms with Gasteiger partial charge in [-0.2, -0.15) is 13.2 Å². The van der Waals surface area contributed by atoms with Crippen molar-refractivity contribution in [1.29, 1.82) is 0 Å². The van der Waals surface area contributed by atoms with E-state index in [2.05, 4.69) is 10.1 Å². The van der Waals surface area contributed by atoms with Gasteiger partial charge < -0.3 is 15.2 Å². The van der Waals surface area contributed by atoms with Gasteiger partial charge in [0.25, 0.3) is 0 Å². The van der Waals surface area contributed by atoms with E-state index in [4.69, 9.17) is 5.11 Å². The SMILES string of the molecule is OCCCCCNc1ccc(F)cc1OCC(F)(F)F. The molecular weight excluding hydrogens is 278 g/mol. The van der Waals surface area contributed by atoms with E-state index in [1.54, 1.807) is 0 Å². The van der Waals surface area contributed by atoms with Crippen LogP contribution in [0.4, 0.5) is 23.2 Å². The number of aliphatic hydroxyl groups is 1. The van der Waals surface area contributed by atoms with Gasteiger partial charge in [0.05, 0.1) is 5.69 Å². The molecular formula is C13H17F4NO2. The van der Waals surface area contributed by atoms with Crippen LogP contribution >= 0.6 is 0 Å². The minimum absolute atomic E-state index is 0.108. The zero-order chi connectivity index (χ0) is 15.0. The summed E-state index contributed by atoms with van der Waals surface area (Å²) in [5, 5.41) is 11.5. The lowest BCUT2D eigenvalue weighted by Crippen LogP contribution is -2.20. The van der Waals surface area contributed by atoms with Crippen LogP contribution in [0.5, 0.6) is 5.75 Å². The van der Waals surface area contributed by atoms with Crippen molar-refractivity contribution in [2.45, 2.75) is 25.4 Å². The molecule has 1 aromatic rings. The Labute approximate surface area is 114 Å².